The lowest BCUT2D eigenvalue weighted by atomic mass is 10.2. The molecule has 3 N–H and O–H groups in total. The highest BCUT2D eigenvalue weighted by molar-refractivity contribution is 9.10. The Morgan fingerprint density at radius 2 is 1.81 bits per heavy atom. The Balaban J connectivity index is 1.77. The minimum atomic E-state index is -0.503. The van der Waals surface area contributed by atoms with Crippen molar-refractivity contribution in [3.05, 3.63) is 57.5 Å². The zero-order valence-corrected chi connectivity index (χ0v) is 20.7. The summed E-state index contributed by atoms with van der Waals surface area (Å²) < 4.78 is 11.9. The molecule has 7 nitrogen and oxygen atoms in total. The molecule has 0 fully saturated rings. The number of ether oxygens (including phenoxy) is 2. The van der Waals surface area contributed by atoms with Gasteiger partial charge in [-0.2, -0.15) is 0 Å². The van der Waals surface area contributed by atoms with Gasteiger partial charge in [0.25, 0.3) is 11.8 Å². The molecule has 0 aliphatic carbocycles. The number of nitrogens with one attached hydrogen (secondary N) is 3. The Morgan fingerprint density at radius 1 is 1.03 bits per heavy atom. The molecular formula is C22H25BrClN3O4S. The van der Waals surface area contributed by atoms with Gasteiger partial charge in [-0.25, -0.2) is 0 Å². The summed E-state index contributed by atoms with van der Waals surface area (Å²) in [5.74, 6) is -0.101. The van der Waals surface area contributed by atoms with E-state index in [4.69, 9.17) is 33.3 Å². The molecule has 0 heterocycles. The van der Waals surface area contributed by atoms with Crippen molar-refractivity contribution >= 4 is 56.7 Å². The SMILES string of the molecule is CCCCCCOc1ccccc1C(=O)NC(=S)NNC(=O)COc1ccc(Br)cc1Cl. The second-order valence-electron chi connectivity index (χ2n) is 6.73. The van der Waals surface area contributed by atoms with Crippen molar-refractivity contribution in [3.8, 4) is 11.5 Å². The van der Waals surface area contributed by atoms with Gasteiger partial charge in [0.1, 0.15) is 11.5 Å². The van der Waals surface area contributed by atoms with Crippen LogP contribution in [0.2, 0.25) is 5.02 Å². The Labute approximate surface area is 206 Å². The summed E-state index contributed by atoms with van der Waals surface area (Å²) in [6.45, 7) is 2.38. The van der Waals surface area contributed by atoms with Crippen LogP contribution in [0.3, 0.4) is 0 Å². The van der Waals surface area contributed by atoms with Gasteiger partial charge < -0.3 is 9.47 Å². The number of hydrogen-bond acceptors (Lipinski definition) is 5. The molecule has 0 aliphatic heterocycles. The molecule has 0 unspecified atom stereocenters. The fourth-order valence-electron chi connectivity index (χ4n) is 2.59. The van der Waals surface area contributed by atoms with Gasteiger partial charge >= 0.3 is 0 Å². The summed E-state index contributed by atoms with van der Waals surface area (Å²) in [6, 6.07) is 12.0. The number of carbonyl (C=O) groups is 2. The largest absolute Gasteiger partial charge is 0.493 e. The molecule has 2 aromatic carbocycles. The summed E-state index contributed by atoms with van der Waals surface area (Å²) in [7, 11) is 0. The highest BCUT2D eigenvalue weighted by atomic mass is 79.9. The highest BCUT2D eigenvalue weighted by Gasteiger charge is 2.14. The van der Waals surface area contributed by atoms with Crippen LogP contribution in [0.4, 0.5) is 0 Å². The number of hydrogen-bond donors (Lipinski definition) is 3. The van der Waals surface area contributed by atoms with Crippen LogP contribution in [0, 0.1) is 0 Å². The Morgan fingerprint density at radius 3 is 2.56 bits per heavy atom. The average molecular weight is 543 g/mol. The standard InChI is InChI=1S/C22H25BrClN3O4S/c1-2-3-4-7-12-30-18-9-6-5-8-16(18)21(29)25-22(32)27-26-20(28)14-31-19-11-10-15(23)13-17(19)24/h5-6,8-11,13H,2-4,7,12,14H2,1H3,(H,26,28)(H2,25,27,29,32). The van der Waals surface area contributed by atoms with Crippen molar-refractivity contribution in [1.29, 1.82) is 0 Å². The van der Waals surface area contributed by atoms with Crippen LogP contribution in [0.1, 0.15) is 43.0 Å². The van der Waals surface area contributed by atoms with Crippen LogP contribution < -0.4 is 25.6 Å². The fraction of sp³-hybridized carbons (Fsp3) is 0.318. The van der Waals surface area contributed by atoms with Crippen LogP contribution in [0.15, 0.2) is 46.9 Å². The molecular weight excluding hydrogens is 518 g/mol. The number of amides is 2. The maximum absolute atomic E-state index is 12.6. The molecule has 172 valence electrons. The van der Waals surface area contributed by atoms with Gasteiger partial charge in [0.15, 0.2) is 11.7 Å². The van der Waals surface area contributed by atoms with E-state index in [-0.39, 0.29) is 11.7 Å². The van der Waals surface area contributed by atoms with E-state index in [1.807, 2.05) is 0 Å². The molecule has 0 saturated carbocycles. The summed E-state index contributed by atoms with van der Waals surface area (Å²) >= 11 is 14.4. The lowest BCUT2D eigenvalue weighted by Gasteiger charge is -2.14. The van der Waals surface area contributed by atoms with E-state index in [0.717, 1.165) is 30.2 Å². The van der Waals surface area contributed by atoms with Gasteiger partial charge in [-0.15, -0.1) is 0 Å². The van der Waals surface area contributed by atoms with E-state index in [1.54, 1.807) is 42.5 Å². The first-order valence-electron chi connectivity index (χ1n) is 10.1. The predicted octanol–water partition coefficient (Wildman–Crippen LogP) is 4.78. The lowest BCUT2D eigenvalue weighted by molar-refractivity contribution is -0.123. The number of hydrazine groups is 1. The molecule has 0 radical (unpaired) electrons. The topological polar surface area (TPSA) is 88.7 Å². The van der Waals surface area contributed by atoms with Crippen molar-refractivity contribution in [2.45, 2.75) is 32.6 Å². The molecule has 2 amide bonds. The number of benzene rings is 2. The molecule has 0 atom stereocenters. The highest BCUT2D eigenvalue weighted by Crippen LogP contribution is 2.27. The maximum atomic E-state index is 12.6. The number of thiocarbonyl (C=S) groups is 1. The Kier molecular flexibility index (Phi) is 11.3. The van der Waals surface area contributed by atoms with Gasteiger partial charge in [0, 0.05) is 4.47 Å². The Hall–Kier alpha value is -2.36. The van der Waals surface area contributed by atoms with Gasteiger partial charge in [-0.05, 0) is 49.0 Å². The quantitative estimate of drug-likeness (QED) is 0.228. The van der Waals surface area contributed by atoms with Crippen LogP contribution in [-0.2, 0) is 4.79 Å². The second kappa shape index (κ2) is 13.9. The van der Waals surface area contributed by atoms with Gasteiger partial charge in [0.2, 0.25) is 0 Å². The third-order valence-electron chi connectivity index (χ3n) is 4.18. The molecule has 10 heteroatoms. The molecule has 0 aromatic heterocycles. The van der Waals surface area contributed by atoms with E-state index in [2.05, 4.69) is 39.0 Å². The minimum absolute atomic E-state index is 0.0669. The second-order valence-corrected chi connectivity index (χ2v) is 8.46. The van der Waals surface area contributed by atoms with Crippen molar-refractivity contribution in [1.82, 2.24) is 16.2 Å². The first kappa shape index (κ1) is 25.9. The zero-order chi connectivity index (χ0) is 23.3. The van der Waals surface area contributed by atoms with Crippen LogP contribution >= 0.6 is 39.7 Å². The fourth-order valence-corrected chi connectivity index (χ4v) is 3.46. The normalized spacial score (nSPS) is 10.2. The monoisotopic (exact) mass is 541 g/mol. The summed E-state index contributed by atoms with van der Waals surface area (Å²) in [6.07, 6.45) is 4.29. The zero-order valence-electron chi connectivity index (χ0n) is 17.6. The first-order valence-corrected chi connectivity index (χ1v) is 11.7. The van der Waals surface area contributed by atoms with Crippen LogP contribution in [-0.4, -0.2) is 30.1 Å². The number of unbranched alkanes of at least 4 members (excludes halogenated alkanes) is 3. The number of carbonyl (C=O) groups excluding carboxylic acids is 2. The number of rotatable bonds is 10. The molecule has 2 rings (SSSR count). The molecule has 0 aliphatic rings. The van der Waals surface area contributed by atoms with E-state index < -0.39 is 11.8 Å². The van der Waals surface area contributed by atoms with Crippen molar-refractivity contribution in [2.24, 2.45) is 0 Å². The molecule has 32 heavy (non-hydrogen) atoms. The summed E-state index contributed by atoms with van der Waals surface area (Å²) in [5.41, 5.74) is 5.18. The third-order valence-corrected chi connectivity index (χ3v) is 5.18. The van der Waals surface area contributed by atoms with E-state index >= 15 is 0 Å². The van der Waals surface area contributed by atoms with Crippen molar-refractivity contribution in [2.75, 3.05) is 13.2 Å². The van der Waals surface area contributed by atoms with Gasteiger partial charge in [-0.1, -0.05) is 65.8 Å². The van der Waals surface area contributed by atoms with E-state index in [0.29, 0.717) is 28.7 Å². The van der Waals surface area contributed by atoms with E-state index in [1.165, 1.54) is 0 Å². The third kappa shape index (κ3) is 9.02. The maximum Gasteiger partial charge on any atom is 0.276 e. The molecule has 0 bridgehead atoms. The first-order chi connectivity index (χ1) is 15.4. The Bertz CT molecular complexity index is 945. The lowest BCUT2D eigenvalue weighted by Crippen LogP contribution is -2.49. The smallest absolute Gasteiger partial charge is 0.276 e. The molecule has 0 saturated heterocycles. The van der Waals surface area contributed by atoms with Gasteiger partial charge in [0.05, 0.1) is 17.2 Å². The van der Waals surface area contributed by atoms with Crippen molar-refractivity contribution in [3.63, 3.8) is 0 Å². The van der Waals surface area contributed by atoms with Crippen LogP contribution in [0.25, 0.3) is 0 Å². The summed E-state index contributed by atoms with van der Waals surface area (Å²) in [5, 5.41) is 2.81. The van der Waals surface area contributed by atoms with E-state index in [9.17, 15) is 9.59 Å². The average Bonchev–Trinajstić information content (AvgIpc) is 2.77. The molecule has 0 spiro atoms. The van der Waals surface area contributed by atoms with Crippen molar-refractivity contribution < 1.29 is 19.1 Å². The number of halogens is 2. The summed E-state index contributed by atoms with van der Waals surface area (Å²) in [4.78, 5) is 24.5. The van der Waals surface area contributed by atoms with Crippen LogP contribution in [0.5, 0.6) is 11.5 Å². The minimum Gasteiger partial charge on any atom is -0.493 e. The predicted molar refractivity (Wildman–Crippen MR) is 132 cm³/mol. The number of para-hydroxylation sites is 1. The van der Waals surface area contributed by atoms with Gasteiger partial charge in [-0.3, -0.25) is 25.8 Å². The molecule has 2 aromatic rings.